The molecule has 0 fully saturated rings. The third kappa shape index (κ3) is 5.03. The summed E-state index contributed by atoms with van der Waals surface area (Å²) >= 11 is 0. The van der Waals surface area contributed by atoms with Crippen LogP contribution in [0.5, 0.6) is 0 Å². The minimum absolute atomic E-state index is 0.0519. The van der Waals surface area contributed by atoms with Gasteiger partial charge in [-0.05, 0) is 68.1 Å². The van der Waals surface area contributed by atoms with Crippen LogP contribution in [0.25, 0.3) is 11.4 Å². The summed E-state index contributed by atoms with van der Waals surface area (Å²) in [6, 6.07) is 10.2. The van der Waals surface area contributed by atoms with Crippen LogP contribution in [0.3, 0.4) is 0 Å². The van der Waals surface area contributed by atoms with Gasteiger partial charge in [0, 0.05) is 24.9 Å². The molecular weight excluding hydrogens is 357 g/mol. The number of rotatable bonds is 7. The van der Waals surface area contributed by atoms with Crippen LogP contribution in [-0.4, -0.2) is 22.6 Å². The molecule has 0 spiro atoms. The standard InChI is InChI=1S/C22H24FN3O2/c1-14-12-15(2)19(16(3)13-14)10-11-24-20(27)8-9-21-25-22(26-28-21)17-4-6-18(23)7-5-17/h4-7,12-13H,8-11H2,1-3H3,(H,24,27). The van der Waals surface area contributed by atoms with E-state index < -0.39 is 0 Å². The Bertz CT molecular complexity index is 941. The Hall–Kier alpha value is -3.02. The highest BCUT2D eigenvalue weighted by Crippen LogP contribution is 2.17. The lowest BCUT2D eigenvalue weighted by Crippen LogP contribution is -2.26. The van der Waals surface area contributed by atoms with Crippen molar-refractivity contribution in [2.24, 2.45) is 0 Å². The van der Waals surface area contributed by atoms with Crippen LogP contribution in [0, 0.1) is 26.6 Å². The van der Waals surface area contributed by atoms with Crippen molar-refractivity contribution >= 4 is 5.91 Å². The molecule has 0 saturated heterocycles. The van der Waals surface area contributed by atoms with Crippen molar-refractivity contribution in [2.75, 3.05) is 6.54 Å². The second kappa shape index (κ2) is 8.78. The van der Waals surface area contributed by atoms with Gasteiger partial charge in [0.1, 0.15) is 5.82 Å². The molecule has 0 aliphatic heterocycles. The van der Waals surface area contributed by atoms with Crippen molar-refractivity contribution in [1.29, 1.82) is 0 Å². The van der Waals surface area contributed by atoms with Crippen LogP contribution in [0.4, 0.5) is 4.39 Å². The van der Waals surface area contributed by atoms with Crippen LogP contribution in [0.2, 0.25) is 0 Å². The molecular formula is C22H24FN3O2. The van der Waals surface area contributed by atoms with Gasteiger partial charge in [0.15, 0.2) is 0 Å². The molecule has 2 aromatic carbocycles. The Morgan fingerprint density at radius 1 is 1.07 bits per heavy atom. The van der Waals surface area contributed by atoms with Crippen molar-refractivity contribution in [1.82, 2.24) is 15.5 Å². The minimum atomic E-state index is -0.319. The van der Waals surface area contributed by atoms with E-state index in [-0.39, 0.29) is 18.1 Å². The molecule has 1 N–H and O–H groups in total. The first-order valence-electron chi connectivity index (χ1n) is 9.34. The van der Waals surface area contributed by atoms with Crippen LogP contribution in [0.1, 0.15) is 34.6 Å². The lowest BCUT2D eigenvalue weighted by molar-refractivity contribution is -0.121. The fourth-order valence-corrected chi connectivity index (χ4v) is 3.31. The molecule has 5 nitrogen and oxygen atoms in total. The number of nitrogens with zero attached hydrogens (tertiary/aromatic N) is 2. The highest BCUT2D eigenvalue weighted by atomic mass is 19.1. The molecule has 1 aromatic heterocycles. The van der Waals surface area contributed by atoms with Crippen molar-refractivity contribution in [2.45, 2.75) is 40.0 Å². The Labute approximate surface area is 164 Å². The quantitative estimate of drug-likeness (QED) is 0.669. The molecule has 0 saturated carbocycles. The number of aromatic nitrogens is 2. The van der Waals surface area contributed by atoms with Gasteiger partial charge in [0.25, 0.3) is 0 Å². The largest absolute Gasteiger partial charge is 0.356 e. The van der Waals surface area contributed by atoms with Crippen LogP contribution >= 0.6 is 0 Å². The summed E-state index contributed by atoms with van der Waals surface area (Å²) < 4.78 is 18.2. The molecule has 0 aliphatic carbocycles. The van der Waals surface area contributed by atoms with Crippen molar-refractivity contribution < 1.29 is 13.7 Å². The van der Waals surface area contributed by atoms with E-state index in [9.17, 15) is 9.18 Å². The SMILES string of the molecule is Cc1cc(C)c(CCNC(=O)CCc2nc(-c3ccc(F)cc3)no2)c(C)c1. The molecule has 0 atom stereocenters. The number of benzene rings is 2. The molecule has 28 heavy (non-hydrogen) atoms. The smallest absolute Gasteiger partial charge is 0.227 e. The molecule has 0 unspecified atom stereocenters. The summed E-state index contributed by atoms with van der Waals surface area (Å²) in [6.07, 6.45) is 1.44. The van der Waals surface area contributed by atoms with Gasteiger partial charge >= 0.3 is 0 Å². The van der Waals surface area contributed by atoms with E-state index in [0.29, 0.717) is 30.2 Å². The number of aryl methyl sites for hydroxylation is 4. The second-order valence-electron chi connectivity index (χ2n) is 7.00. The zero-order valence-corrected chi connectivity index (χ0v) is 16.4. The first-order chi connectivity index (χ1) is 13.4. The van der Waals surface area contributed by atoms with Gasteiger partial charge in [0.05, 0.1) is 0 Å². The van der Waals surface area contributed by atoms with Gasteiger partial charge in [-0.2, -0.15) is 4.98 Å². The first kappa shape index (κ1) is 19.7. The Kier molecular flexibility index (Phi) is 6.19. The Morgan fingerprint density at radius 3 is 2.43 bits per heavy atom. The number of halogens is 1. The van der Waals surface area contributed by atoms with Gasteiger partial charge < -0.3 is 9.84 Å². The van der Waals surface area contributed by atoms with Gasteiger partial charge in [-0.3, -0.25) is 4.79 Å². The molecule has 0 radical (unpaired) electrons. The van der Waals surface area contributed by atoms with E-state index in [4.69, 9.17) is 4.52 Å². The third-order valence-corrected chi connectivity index (χ3v) is 4.67. The highest BCUT2D eigenvalue weighted by molar-refractivity contribution is 5.76. The molecule has 3 rings (SSSR count). The topological polar surface area (TPSA) is 68.0 Å². The van der Waals surface area contributed by atoms with Gasteiger partial charge in [-0.15, -0.1) is 0 Å². The summed E-state index contributed by atoms with van der Waals surface area (Å²) in [6.45, 7) is 6.88. The molecule has 6 heteroatoms. The van der Waals surface area contributed by atoms with Crippen molar-refractivity contribution in [3.63, 3.8) is 0 Å². The fourth-order valence-electron chi connectivity index (χ4n) is 3.31. The van der Waals surface area contributed by atoms with Crippen LogP contribution in [0.15, 0.2) is 40.9 Å². The Balaban J connectivity index is 1.47. The summed E-state index contributed by atoms with van der Waals surface area (Å²) in [5.74, 6) is 0.407. The number of carbonyl (C=O) groups excluding carboxylic acids is 1. The molecule has 1 amide bonds. The van der Waals surface area contributed by atoms with E-state index >= 15 is 0 Å². The van der Waals surface area contributed by atoms with E-state index in [1.54, 1.807) is 12.1 Å². The van der Waals surface area contributed by atoms with Gasteiger partial charge in [-0.25, -0.2) is 4.39 Å². The third-order valence-electron chi connectivity index (χ3n) is 4.67. The average molecular weight is 381 g/mol. The normalized spacial score (nSPS) is 10.9. The molecule has 0 aliphatic rings. The lowest BCUT2D eigenvalue weighted by atomic mass is 9.97. The second-order valence-corrected chi connectivity index (χ2v) is 7.00. The zero-order chi connectivity index (χ0) is 20.1. The number of carbonyl (C=O) groups is 1. The molecule has 146 valence electrons. The number of hydrogen-bond donors (Lipinski definition) is 1. The summed E-state index contributed by atoms with van der Waals surface area (Å²) in [7, 11) is 0. The predicted molar refractivity (Wildman–Crippen MR) is 105 cm³/mol. The van der Waals surface area contributed by atoms with Crippen LogP contribution < -0.4 is 5.32 Å². The average Bonchev–Trinajstić information content (AvgIpc) is 3.12. The maximum absolute atomic E-state index is 13.0. The summed E-state index contributed by atoms with van der Waals surface area (Å²) in [5.41, 5.74) is 5.72. The highest BCUT2D eigenvalue weighted by Gasteiger charge is 2.11. The van der Waals surface area contributed by atoms with E-state index in [2.05, 4.69) is 48.4 Å². The summed E-state index contributed by atoms with van der Waals surface area (Å²) in [5, 5.41) is 6.83. The molecule has 3 aromatic rings. The monoisotopic (exact) mass is 381 g/mol. The van der Waals surface area contributed by atoms with E-state index in [1.807, 2.05) is 0 Å². The first-order valence-corrected chi connectivity index (χ1v) is 9.34. The number of amides is 1. The summed E-state index contributed by atoms with van der Waals surface area (Å²) in [4.78, 5) is 16.4. The van der Waals surface area contributed by atoms with Crippen LogP contribution in [-0.2, 0) is 17.6 Å². The van der Waals surface area contributed by atoms with Gasteiger partial charge in [0.2, 0.25) is 17.6 Å². The molecule has 0 bridgehead atoms. The maximum Gasteiger partial charge on any atom is 0.227 e. The Morgan fingerprint density at radius 2 is 1.75 bits per heavy atom. The van der Waals surface area contributed by atoms with Crippen molar-refractivity contribution in [3.05, 3.63) is 70.4 Å². The molecule has 1 heterocycles. The van der Waals surface area contributed by atoms with Gasteiger partial charge in [-0.1, -0.05) is 22.9 Å². The fraction of sp³-hybridized carbons (Fsp3) is 0.318. The maximum atomic E-state index is 13.0. The van der Waals surface area contributed by atoms with Crippen molar-refractivity contribution in [3.8, 4) is 11.4 Å². The minimum Gasteiger partial charge on any atom is -0.356 e. The zero-order valence-electron chi connectivity index (χ0n) is 16.4. The predicted octanol–water partition coefficient (Wildman–Crippen LogP) is 4.09. The van der Waals surface area contributed by atoms with E-state index in [1.165, 1.54) is 34.4 Å². The lowest BCUT2D eigenvalue weighted by Gasteiger charge is -2.12. The van der Waals surface area contributed by atoms with E-state index in [0.717, 1.165) is 6.42 Å². The number of nitrogens with one attached hydrogen (secondary N) is 1. The number of hydrogen-bond acceptors (Lipinski definition) is 4.